The molecule has 0 spiro atoms. The van der Waals surface area contributed by atoms with Crippen molar-refractivity contribution in [3.8, 4) is 0 Å². The molecule has 0 aliphatic carbocycles. The fourth-order valence-electron chi connectivity index (χ4n) is 2.12. The summed E-state index contributed by atoms with van der Waals surface area (Å²) in [6.45, 7) is 0.723. The maximum atomic E-state index is 13.1. The number of rotatable bonds is 7. The number of carbonyl (C=O) groups excluding carboxylic acids is 2. The summed E-state index contributed by atoms with van der Waals surface area (Å²) >= 11 is 6.44. The van der Waals surface area contributed by atoms with Gasteiger partial charge in [0.2, 0.25) is 5.91 Å². The fourth-order valence-corrected chi connectivity index (χ4v) is 2.81. The van der Waals surface area contributed by atoms with Gasteiger partial charge in [-0.2, -0.15) is 0 Å². The molecule has 0 aromatic heterocycles. The molecule has 25 heavy (non-hydrogen) atoms. The quantitative estimate of drug-likeness (QED) is 0.644. The first-order valence-electron chi connectivity index (χ1n) is 7.70. The van der Waals surface area contributed by atoms with Gasteiger partial charge < -0.3 is 10.6 Å². The third-order valence-electron chi connectivity index (χ3n) is 3.46. The third kappa shape index (κ3) is 6.59. The molecular formula is C18H17Br2FN2O2. The minimum atomic E-state index is -0.311. The van der Waals surface area contributed by atoms with Gasteiger partial charge in [-0.15, -0.1) is 0 Å². The maximum absolute atomic E-state index is 13.1. The molecule has 2 aromatic rings. The first-order chi connectivity index (χ1) is 12.0. The van der Waals surface area contributed by atoms with Crippen LogP contribution in [0.1, 0.15) is 22.3 Å². The summed E-state index contributed by atoms with van der Waals surface area (Å²) in [5, 5.41) is 5.49. The molecule has 0 aliphatic rings. The van der Waals surface area contributed by atoms with Crippen molar-refractivity contribution < 1.29 is 14.0 Å². The van der Waals surface area contributed by atoms with E-state index in [0.717, 1.165) is 10.0 Å². The second-order valence-corrected chi connectivity index (χ2v) is 7.13. The summed E-state index contributed by atoms with van der Waals surface area (Å²) in [4.78, 5) is 23.7. The highest BCUT2D eigenvalue weighted by Crippen LogP contribution is 2.16. The highest BCUT2D eigenvalue weighted by atomic mass is 79.9. The zero-order valence-corrected chi connectivity index (χ0v) is 16.5. The summed E-state index contributed by atoms with van der Waals surface area (Å²) < 4.78 is 14.5. The summed E-state index contributed by atoms with van der Waals surface area (Å²) in [7, 11) is 0. The predicted octanol–water partition coefficient (Wildman–Crippen LogP) is 3.83. The van der Waals surface area contributed by atoms with Crippen molar-refractivity contribution >= 4 is 43.7 Å². The predicted molar refractivity (Wildman–Crippen MR) is 102 cm³/mol. The monoisotopic (exact) mass is 470 g/mol. The van der Waals surface area contributed by atoms with Gasteiger partial charge in [0.25, 0.3) is 5.91 Å². The van der Waals surface area contributed by atoms with Crippen molar-refractivity contribution in [1.82, 2.24) is 10.6 Å². The van der Waals surface area contributed by atoms with Crippen molar-refractivity contribution in [2.24, 2.45) is 0 Å². The molecule has 2 aromatic carbocycles. The lowest BCUT2D eigenvalue weighted by Crippen LogP contribution is -2.31. The van der Waals surface area contributed by atoms with Crippen molar-refractivity contribution in [2.45, 2.75) is 12.8 Å². The molecule has 7 heteroatoms. The van der Waals surface area contributed by atoms with Gasteiger partial charge in [0.05, 0.1) is 4.47 Å². The summed E-state index contributed by atoms with van der Waals surface area (Å²) in [6, 6.07) is 11.8. The van der Waals surface area contributed by atoms with Crippen molar-refractivity contribution in [3.63, 3.8) is 0 Å². The van der Waals surface area contributed by atoms with Gasteiger partial charge >= 0.3 is 0 Å². The molecule has 0 saturated heterocycles. The summed E-state index contributed by atoms with van der Waals surface area (Å²) in [5.41, 5.74) is 1.47. The lowest BCUT2D eigenvalue weighted by Gasteiger charge is -2.07. The van der Waals surface area contributed by atoms with Crippen molar-refractivity contribution in [2.75, 3.05) is 13.1 Å². The average molecular weight is 472 g/mol. The number of hydrogen-bond acceptors (Lipinski definition) is 2. The van der Waals surface area contributed by atoms with E-state index >= 15 is 0 Å². The first-order valence-corrected chi connectivity index (χ1v) is 9.28. The molecule has 0 radical (unpaired) electrons. The largest absolute Gasteiger partial charge is 0.356 e. The molecular weight excluding hydrogens is 455 g/mol. The van der Waals surface area contributed by atoms with E-state index in [1.807, 2.05) is 0 Å². The zero-order chi connectivity index (χ0) is 18.2. The molecule has 0 unspecified atom stereocenters. The first kappa shape index (κ1) is 19.6. The molecule has 0 aliphatic heterocycles. The highest BCUT2D eigenvalue weighted by molar-refractivity contribution is 9.10. The number of benzene rings is 2. The molecule has 4 nitrogen and oxygen atoms in total. The average Bonchev–Trinajstić information content (AvgIpc) is 2.58. The third-order valence-corrected chi connectivity index (χ3v) is 4.60. The van der Waals surface area contributed by atoms with Crippen molar-refractivity contribution in [1.29, 1.82) is 0 Å². The Morgan fingerprint density at radius 2 is 1.68 bits per heavy atom. The van der Waals surface area contributed by atoms with Crippen LogP contribution in [0.15, 0.2) is 51.4 Å². The minimum absolute atomic E-state index is 0.141. The van der Waals surface area contributed by atoms with E-state index in [-0.39, 0.29) is 30.6 Å². The summed E-state index contributed by atoms with van der Waals surface area (Å²) in [5.74, 6) is -0.664. The zero-order valence-electron chi connectivity index (χ0n) is 13.3. The topological polar surface area (TPSA) is 58.2 Å². The highest BCUT2D eigenvalue weighted by Gasteiger charge is 2.07. The van der Waals surface area contributed by atoms with Gasteiger partial charge in [0, 0.05) is 29.5 Å². The Labute approximate surface area is 162 Å². The van der Waals surface area contributed by atoms with Gasteiger partial charge in [-0.05, 0) is 64.3 Å². The van der Waals surface area contributed by atoms with Crippen LogP contribution >= 0.6 is 31.9 Å². The Balaban J connectivity index is 1.66. The maximum Gasteiger partial charge on any atom is 0.251 e. The van der Waals surface area contributed by atoms with Crippen LogP contribution < -0.4 is 10.6 Å². The Morgan fingerprint density at radius 1 is 0.960 bits per heavy atom. The van der Waals surface area contributed by atoms with E-state index in [1.54, 1.807) is 36.4 Å². The minimum Gasteiger partial charge on any atom is -0.356 e. The lowest BCUT2D eigenvalue weighted by molar-refractivity contribution is -0.120. The van der Waals surface area contributed by atoms with Crippen LogP contribution in [0.2, 0.25) is 0 Å². The van der Waals surface area contributed by atoms with Crippen LogP contribution in [0.4, 0.5) is 4.39 Å². The molecule has 132 valence electrons. The van der Waals surface area contributed by atoms with Gasteiger partial charge in [-0.25, -0.2) is 4.39 Å². The van der Waals surface area contributed by atoms with E-state index in [4.69, 9.17) is 0 Å². The molecule has 0 bridgehead atoms. The van der Waals surface area contributed by atoms with E-state index in [9.17, 15) is 14.0 Å². The normalized spacial score (nSPS) is 10.4. The van der Waals surface area contributed by atoms with Gasteiger partial charge in [0.1, 0.15) is 5.82 Å². The van der Waals surface area contributed by atoms with Crippen LogP contribution in [0.25, 0.3) is 0 Å². The van der Waals surface area contributed by atoms with Crippen LogP contribution in [0.5, 0.6) is 0 Å². The Kier molecular flexibility index (Phi) is 7.58. The molecule has 2 N–H and O–H groups in total. The number of amides is 2. The van der Waals surface area contributed by atoms with Gasteiger partial charge in [0.15, 0.2) is 0 Å². The molecule has 2 amide bonds. The number of nitrogens with one attached hydrogen (secondary N) is 2. The summed E-state index contributed by atoms with van der Waals surface area (Å²) in [6.07, 6.45) is 0.811. The van der Waals surface area contributed by atoms with Crippen LogP contribution in [0.3, 0.4) is 0 Å². The van der Waals surface area contributed by atoms with E-state index in [2.05, 4.69) is 42.5 Å². The molecule has 0 heterocycles. The van der Waals surface area contributed by atoms with E-state index in [1.165, 1.54) is 6.07 Å². The Hall–Kier alpha value is -1.73. The number of halogens is 3. The number of hydrogen-bond donors (Lipinski definition) is 2. The smallest absolute Gasteiger partial charge is 0.251 e. The fraction of sp³-hybridized carbons (Fsp3) is 0.222. The van der Waals surface area contributed by atoms with Crippen LogP contribution in [-0.2, 0) is 11.2 Å². The molecule has 0 saturated carbocycles. The van der Waals surface area contributed by atoms with E-state index < -0.39 is 0 Å². The number of carbonyl (C=O) groups is 2. The second kappa shape index (κ2) is 9.68. The van der Waals surface area contributed by atoms with Gasteiger partial charge in [-0.3, -0.25) is 9.59 Å². The molecule has 0 atom stereocenters. The van der Waals surface area contributed by atoms with E-state index in [0.29, 0.717) is 23.0 Å². The SMILES string of the molecule is O=C(CCNC(=O)c1ccc(Br)cc1)NCCc1ccc(F)c(Br)c1. The standard InChI is InChI=1S/C18H17Br2FN2O2/c19-14-4-2-13(3-5-14)18(25)23-10-8-17(24)22-9-7-12-1-6-16(21)15(20)11-12/h1-6,11H,7-10H2,(H,22,24)(H,23,25). The lowest BCUT2D eigenvalue weighted by atomic mass is 10.1. The second-order valence-electron chi connectivity index (χ2n) is 5.36. The Bertz CT molecular complexity index is 751. The molecule has 2 rings (SSSR count). The van der Waals surface area contributed by atoms with Gasteiger partial charge in [-0.1, -0.05) is 22.0 Å². The molecule has 0 fully saturated rings. The van der Waals surface area contributed by atoms with Crippen molar-refractivity contribution in [3.05, 3.63) is 68.4 Å². The van der Waals surface area contributed by atoms with Crippen LogP contribution in [0, 0.1) is 5.82 Å². The van der Waals surface area contributed by atoms with Crippen LogP contribution in [-0.4, -0.2) is 24.9 Å². The Morgan fingerprint density at radius 3 is 2.36 bits per heavy atom.